The van der Waals surface area contributed by atoms with Crippen molar-refractivity contribution < 1.29 is 9.53 Å². The Morgan fingerprint density at radius 3 is 2.64 bits per heavy atom. The molecule has 1 aliphatic heterocycles. The van der Waals surface area contributed by atoms with E-state index < -0.39 is 0 Å². The van der Waals surface area contributed by atoms with Gasteiger partial charge in [0.2, 0.25) is 0 Å². The fraction of sp³-hybridized carbons (Fsp3) is 0.526. The summed E-state index contributed by atoms with van der Waals surface area (Å²) in [4.78, 5) is 17.1. The van der Waals surface area contributed by atoms with E-state index in [1.54, 1.807) is 7.11 Å². The molecule has 0 bridgehead atoms. The Morgan fingerprint density at radius 2 is 1.92 bits per heavy atom. The van der Waals surface area contributed by atoms with Gasteiger partial charge in [-0.1, -0.05) is 6.92 Å². The first kappa shape index (κ1) is 17.8. The highest BCUT2D eigenvalue weighted by atomic mass is 16.5. The summed E-state index contributed by atoms with van der Waals surface area (Å²) in [5.74, 6) is 1.15. The van der Waals surface area contributed by atoms with Crippen molar-refractivity contribution in [3.05, 3.63) is 36.0 Å². The molecule has 25 heavy (non-hydrogen) atoms. The number of nitrogens with one attached hydrogen (secondary N) is 1. The predicted octanol–water partition coefficient (Wildman–Crippen LogP) is 1.85. The van der Waals surface area contributed by atoms with Crippen LogP contribution in [0.1, 0.15) is 23.7 Å². The fourth-order valence-corrected chi connectivity index (χ4v) is 3.24. The van der Waals surface area contributed by atoms with Gasteiger partial charge in [-0.3, -0.25) is 9.69 Å². The number of ether oxygens (including phenoxy) is 1. The highest BCUT2D eigenvalue weighted by Crippen LogP contribution is 2.21. The number of piperazine rings is 1. The first-order valence-electron chi connectivity index (χ1n) is 9.08. The van der Waals surface area contributed by atoms with Gasteiger partial charge in [0.05, 0.1) is 12.2 Å². The van der Waals surface area contributed by atoms with E-state index in [0.717, 1.165) is 57.1 Å². The average molecular weight is 344 g/mol. The van der Waals surface area contributed by atoms with Crippen molar-refractivity contribution in [2.45, 2.75) is 13.3 Å². The number of carbonyl (C=O) groups is 1. The molecule has 2 aromatic rings. The van der Waals surface area contributed by atoms with E-state index in [2.05, 4.69) is 38.6 Å². The molecule has 1 saturated heterocycles. The van der Waals surface area contributed by atoms with Gasteiger partial charge in [0.1, 0.15) is 5.82 Å². The molecule has 0 spiro atoms. The number of rotatable bonds is 7. The van der Waals surface area contributed by atoms with Gasteiger partial charge in [-0.25, -0.2) is 0 Å². The smallest absolute Gasteiger partial charge is 0.252 e. The van der Waals surface area contributed by atoms with Gasteiger partial charge in [-0.05, 0) is 30.7 Å². The standard InChI is InChI=1S/C19H28N4O2/c1-3-8-20-19(24)16-4-5-17-6-7-18(23(17)15-16)22-11-9-21(10-12-22)13-14-25-2/h4-7,15H,3,8-14H2,1-2H3,(H,20,24). The summed E-state index contributed by atoms with van der Waals surface area (Å²) in [6, 6.07) is 8.17. The lowest BCUT2D eigenvalue weighted by Crippen LogP contribution is -2.47. The Bertz CT molecular complexity index is 705. The maximum Gasteiger partial charge on any atom is 0.252 e. The van der Waals surface area contributed by atoms with Gasteiger partial charge in [0, 0.05) is 58.1 Å². The first-order valence-corrected chi connectivity index (χ1v) is 9.08. The van der Waals surface area contributed by atoms with Crippen molar-refractivity contribution in [2.75, 3.05) is 57.9 Å². The summed E-state index contributed by atoms with van der Waals surface area (Å²) >= 11 is 0. The van der Waals surface area contributed by atoms with Crippen molar-refractivity contribution in [3.8, 4) is 0 Å². The minimum atomic E-state index is -0.00668. The van der Waals surface area contributed by atoms with Gasteiger partial charge in [-0.15, -0.1) is 0 Å². The summed E-state index contributed by atoms with van der Waals surface area (Å²) in [5.41, 5.74) is 1.82. The zero-order chi connectivity index (χ0) is 17.6. The monoisotopic (exact) mass is 344 g/mol. The number of anilines is 1. The van der Waals surface area contributed by atoms with Gasteiger partial charge in [0.15, 0.2) is 0 Å². The molecule has 0 saturated carbocycles. The molecular formula is C19H28N4O2. The van der Waals surface area contributed by atoms with E-state index in [-0.39, 0.29) is 5.91 Å². The normalized spacial score (nSPS) is 15.7. The van der Waals surface area contributed by atoms with Crippen LogP contribution < -0.4 is 10.2 Å². The minimum absolute atomic E-state index is 0.00668. The molecule has 0 unspecified atom stereocenters. The third kappa shape index (κ3) is 4.14. The Balaban J connectivity index is 1.73. The molecule has 0 atom stereocenters. The lowest BCUT2D eigenvalue weighted by Gasteiger charge is -2.35. The van der Waals surface area contributed by atoms with Crippen LogP contribution in [0.15, 0.2) is 30.5 Å². The van der Waals surface area contributed by atoms with Gasteiger partial charge in [0.25, 0.3) is 5.91 Å². The third-order valence-electron chi connectivity index (χ3n) is 4.74. The zero-order valence-corrected chi connectivity index (χ0v) is 15.2. The largest absolute Gasteiger partial charge is 0.383 e. The lowest BCUT2D eigenvalue weighted by atomic mass is 10.2. The Morgan fingerprint density at radius 1 is 1.16 bits per heavy atom. The topological polar surface area (TPSA) is 49.2 Å². The number of aromatic nitrogens is 1. The van der Waals surface area contributed by atoms with Crippen molar-refractivity contribution >= 4 is 17.2 Å². The molecule has 2 aromatic heterocycles. The molecule has 136 valence electrons. The number of carbonyl (C=O) groups excluding carboxylic acids is 1. The van der Waals surface area contributed by atoms with E-state index in [4.69, 9.17) is 4.74 Å². The SMILES string of the molecule is CCCNC(=O)c1ccc2ccc(N3CCN(CCOC)CC3)n2c1. The van der Waals surface area contributed by atoms with Crippen molar-refractivity contribution in [1.82, 2.24) is 14.6 Å². The number of nitrogens with zero attached hydrogens (tertiary/aromatic N) is 3. The number of hydrogen-bond donors (Lipinski definition) is 1. The van der Waals surface area contributed by atoms with Crippen molar-refractivity contribution in [2.24, 2.45) is 0 Å². The molecule has 0 aliphatic carbocycles. The maximum atomic E-state index is 12.2. The third-order valence-corrected chi connectivity index (χ3v) is 4.74. The maximum absolute atomic E-state index is 12.2. The summed E-state index contributed by atoms with van der Waals surface area (Å²) in [6.45, 7) is 8.58. The van der Waals surface area contributed by atoms with Crippen LogP contribution >= 0.6 is 0 Å². The molecule has 1 aliphatic rings. The van der Waals surface area contributed by atoms with Crippen LogP contribution in [-0.2, 0) is 4.74 Å². The second kappa shape index (κ2) is 8.36. The van der Waals surface area contributed by atoms with Gasteiger partial charge < -0.3 is 19.4 Å². The Labute approximate surface area is 149 Å². The van der Waals surface area contributed by atoms with Crippen LogP contribution in [0, 0.1) is 0 Å². The van der Waals surface area contributed by atoms with Crippen LogP contribution in [0.25, 0.3) is 5.52 Å². The molecule has 6 nitrogen and oxygen atoms in total. The van der Waals surface area contributed by atoms with E-state index in [1.807, 2.05) is 18.3 Å². The lowest BCUT2D eigenvalue weighted by molar-refractivity contribution is 0.0953. The highest BCUT2D eigenvalue weighted by molar-refractivity contribution is 5.94. The van der Waals surface area contributed by atoms with E-state index in [0.29, 0.717) is 12.1 Å². The van der Waals surface area contributed by atoms with Crippen molar-refractivity contribution in [3.63, 3.8) is 0 Å². The molecule has 3 heterocycles. The molecule has 1 N–H and O–H groups in total. The number of amides is 1. The first-order chi connectivity index (χ1) is 12.2. The van der Waals surface area contributed by atoms with Crippen LogP contribution in [-0.4, -0.2) is 68.2 Å². The van der Waals surface area contributed by atoms with E-state index in [1.165, 1.54) is 0 Å². The van der Waals surface area contributed by atoms with E-state index >= 15 is 0 Å². The summed E-state index contributed by atoms with van der Waals surface area (Å²) in [7, 11) is 1.75. The number of fused-ring (bicyclic) bond motifs is 1. The summed E-state index contributed by atoms with van der Waals surface area (Å²) < 4.78 is 7.30. The quantitative estimate of drug-likeness (QED) is 0.833. The van der Waals surface area contributed by atoms with Crippen LogP contribution in [0.5, 0.6) is 0 Å². The molecular weight excluding hydrogens is 316 g/mol. The van der Waals surface area contributed by atoms with Crippen LogP contribution in [0.2, 0.25) is 0 Å². The highest BCUT2D eigenvalue weighted by Gasteiger charge is 2.19. The molecule has 0 aromatic carbocycles. The summed E-state index contributed by atoms with van der Waals surface area (Å²) in [5, 5.41) is 2.95. The molecule has 3 rings (SSSR count). The second-order valence-corrected chi connectivity index (χ2v) is 6.48. The molecule has 6 heteroatoms. The number of pyridine rings is 1. The molecule has 1 fully saturated rings. The average Bonchev–Trinajstić information content (AvgIpc) is 3.08. The Kier molecular flexibility index (Phi) is 5.94. The van der Waals surface area contributed by atoms with Gasteiger partial charge in [-0.2, -0.15) is 0 Å². The number of methoxy groups -OCH3 is 1. The Hall–Kier alpha value is -2.05. The predicted molar refractivity (Wildman–Crippen MR) is 101 cm³/mol. The van der Waals surface area contributed by atoms with Gasteiger partial charge >= 0.3 is 0 Å². The second-order valence-electron chi connectivity index (χ2n) is 6.48. The van der Waals surface area contributed by atoms with Crippen LogP contribution in [0.4, 0.5) is 5.82 Å². The van der Waals surface area contributed by atoms with Crippen molar-refractivity contribution in [1.29, 1.82) is 0 Å². The molecule has 1 amide bonds. The zero-order valence-electron chi connectivity index (χ0n) is 15.2. The molecule has 0 radical (unpaired) electrons. The summed E-state index contributed by atoms with van der Waals surface area (Å²) in [6.07, 6.45) is 2.89. The fourth-order valence-electron chi connectivity index (χ4n) is 3.24. The van der Waals surface area contributed by atoms with Crippen LogP contribution in [0.3, 0.4) is 0 Å². The minimum Gasteiger partial charge on any atom is -0.383 e. The van der Waals surface area contributed by atoms with E-state index in [9.17, 15) is 4.79 Å². The number of hydrogen-bond acceptors (Lipinski definition) is 4.